The molecule has 5 nitrogen and oxygen atoms in total. The molecule has 3 heterocycles. The molecule has 0 fully saturated rings. The predicted molar refractivity (Wildman–Crippen MR) is 75.1 cm³/mol. The first-order valence-corrected chi connectivity index (χ1v) is 6.45. The topological polar surface area (TPSA) is 47.8 Å². The van der Waals surface area contributed by atoms with Crippen LogP contribution in [0.25, 0.3) is 5.52 Å². The van der Waals surface area contributed by atoms with E-state index in [1.807, 2.05) is 47.2 Å². The Bertz CT molecular complexity index is 767. The van der Waals surface area contributed by atoms with Crippen molar-refractivity contribution in [3.05, 3.63) is 54.4 Å². The quantitative estimate of drug-likeness (QED) is 0.792. The molecule has 0 bridgehead atoms. The lowest BCUT2D eigenvalue weighted by Crippen LogP contribution is -1.99. The van der Waals surface area contributed by atoms with Gasteiger partial charge in [-0.15, -0.1) is 0 Å². The maximum absolute atomic E-state index is 5.37. The molecule has 100 valence electrons. The molecule has 0 aliphatic carbocycles. The highest BCUT2D eigenvalue weighted by Gasteiger charge is 2.13. The molecule has 5 heteroatoms. The van der Waals surface area contributed by atoms with E-state index in [9.17, 15) is 0 Å². The highest BCUT2D eigenvalue weighted by atomic mass is 16.7. The van der Waals surface area contributed by atoms with Gasteiger partial charge in [-0.1, -0.05) is 6.07 Å². The summed E-state index contributed by atoms with van der Waals surface area (Å²) >= 11 is 0. The van der Waals surface area contributed by atoms with Gasteiger partial charge in [0.15, 0.2) is 11.5 Å². The standard InChI is InChI=1S/C15H13N3O2/c1-2-6-18-13(3-1)11(9-17-18)8-16-12-4-5-14-15(7-12)20-10-19-14/h1-7,9,16H,8,10H2. The fourth-order valence-corrected chi connectivity index (χ4v) is 2.33. The van der Waals surface area contributed by atoms with E-state index >= 15 is 0 Å². The molecule has 0 unspecified atom stereocenters. The number of pyridine rings is 1. The summed E-state index contributed by atoms with van der Waals surface area (Å²) in [5.74, 6) is 1.58. The smallest absolute Gasteiger partial charge is 0.231 e. The second-order valence-electron chi connectivity index (χ2n) is 4.62. The molecule has 1 aliphatic heterocycles. The SMILES string of the molecule is c1ccn2ncc(CNc3ccc4c(c3)OCO4)c2c1. The van der Waals surface area contributed by atoms with Crippen molar-refractivity contribution in [1.82, 2.24) is 9.61 Å². The van der Waals surface area contributed by atoms with Gasteiger partial charge in [0.2, 0.25) is 6.79 Å². The lowest BCUT2D eigenvalue weighted by molar-refractivity contribution is 0.174. The monoisotopic (exact) mass is 267 g/mol. The molecule has 0 saturated heterocycles. The van der Waals surface area contributed by atoms with Gasteiger partial charge in [-0.05, 0) is 24.3 Å². The van der Waals surface area contributed by atoms with Crippen LogP contribution in [0.1, 0.15) is 5.56 Å². The van der Waals surface area contributed by atoms with Crippen molar-refractivity contribution >= 4 is 11.2 Å². The molecule has 0 atom stereocenters. The van der Waals surface area contributed by atoms with Gasteiger partial charge in [0.05, 0.1) is 11.7 Å². The number of benzene rings is 1. The first-order valence-electron chi connectivity index (χ1n) is 6.45. The lowest BCUT2D eigenvalue weighted by atomic mass is 10.2. The highest BCUT2D eigenvalue weighted by Crippen LogP contribution is 2.34. The van der Waals surface area contributed by atoms with E-state index in [4.69, 9.17) is 9.47 Å². The average molecular weight is 267 g/mol. The van der Waals surface area contributed by atoms with Gasteiger partial charge in [-0.25, -0.2) is 4.52 Å². The first kappa shape index (κ1) is 11.2. The van der Waals surface area contributed by atoms with Crippen LogP contribution in [0.3, 0.4) is 0 Å². The molecule has 1 N–H and O–H groups in total. The molecule has 0 amide bonds. The van der Waals surface area contributed by atoms with Crippen molar-refractivity contribution in [2.75, 3.05) is 12.1 Å². The minimum atomic E-state index is 0.298. The van der Waals surface area contributed by atoms with E-state index in [0.29, 0.717) is 13.3 Å². The number of anilines is 1. The number of nitrogens with zero attached hydrogens (tertiary/aromatic N) is 2. The van der Waals surface area contributed by atoms with Crippen molar-refractivity contribution in [2.24, 2.45) is 0 Å². The third kappa shape index (κ3) is 1.84. The average Bonchev–Trinajstić information content (AvgIpc) is 3.11. The summed E-state index contributed by atoms with van der Waals surface area (Å²) in [6, 6.07) is 11.9. The number of hydrogen-bond acceptors (Lipinski definition) is 4. The van der Waals surface area contributed by atoms with E-state index in [0.717, 1.165) is 28.3 Å². The molecule has 1 aromatic carbocycles. The zero-order chi connectivity index (χ0) is 13.4. The molecule has 0 radical (unpaired) electrons. The van der Waals surface area contributed by atoms with Gasteiger partial charge >= 0.3 is 0 Å². The van der Waals surface area contributed by atoms with Gasteiger partial charge in [0.1, 0.15) is 0 Å². The number of nitrogens with one attached hydrogen (secondary N) is 1. The van der Waals surface area contributed by atoms with Crippen molar-refractivity contribution in [1.29, 1.82) is 0 Å². The fraction of sp³-hybridized carbons (Fsp3) is 0.133. The van der Waals surface area contributed by atoms with Crippen molar-refractivity contribution in [2.45, 2.75) is 6.54 Å². The second kappa shape index (κ2) is 4.45. The van der Waals surface area contributed by atoms with Crippen LogP contribution in [-0.4, -0.2) is 16.4 Å². The Kier molecular flexibility index (Phi) is 2.48. The van der Waals surface area contributed by atoms with Crippen LogP contribution < -0.4 is 14.8 Å². The molecule has 4 rings (SSSR count). The number of ether oxygens (including phenoxy) is 2. The number of rotatable bonds is 3. The van der Waals surface area contributed by atoms with Crippen LogP contribution in [0.4, 0.5) is 5.69 Å². The summed E-state index contributed by atoms with van der Waals surface area (Å²) in [6.45, 7) is 1.01. The molecule has 3 aromatic rings. The minimum Gasteiger partial charge on any atom is -0.454 e. The molecule has 1 aliphatic rings. The first-order chi connectivity index (χ1) is 9.90. The van der Waals surface area contributed by atoms with Gasteiger partial charge < -0.3 is 14.8 Å². The number of fused-ring (bicyclic) bond motifs is 2. The summed E-state index contributed by atoms with van der Waals surface area (Å²) in [5.41, 5.74) is 3.27. The van der Waals surface area contributed by atoms with E-state index in [-0.39, 0.29) is 0 Å². The summed E-state index contributed by atoms with van der Waals surface area (Å²) < 4.78 is 12.5. The maximum Gasteiger partial charge on any atom is 0.231 e. The molecular weight excluding hydrogens is 254 g/mol. The van der Waals surface area contributed by atoms with Crippen molar-refractivity contribution < 1.29 is 9.47 Å². The Balaban J connectivity index is 1.55. The molecular formula is C15H13N3O2. The Hall–Kier alpha value is -2.69. The van der Waals surface area contributed by atoms with E-state index < -0.39 is 0 Å². The van der Waals surface area contributed by atoms with Crippen LogP contribution in [0.2, 0.25) is 0 Å². The molecule has 0 saturated carbocycles. The van der Waals surface area contributed by atoms with Gasteiger partial charge in [0.25, 0.3) is 0 Å². The summed E-state index contributed by atoms with van der Waals surface area (Å²) in [4.78, 5) is 0. The summed E-state index contributed by atoms with van der Waals surface area (Å²) in [5, 5.41) is 7.70. The predicted octanol–water partition coefficient (Wildman–Crippen LogP) is 2.68. The lowest BCUT2D eigenvalue weighted by Gasteiger charge is -2.06. The largest absolute Gasteiger partial charge is 0.454 e. The Morgan fingerprint density at radius 1 is 1.15 bits per heavy atom. The van der Waals surface area contributed by atoms with Crippen LogP contribution in [0.5, 0.6) is 11.5 Å². The van der Waals surface area contributed by atoms with Gasteiger partial charge in [-0.2, -0.15) is 5.10 Å². The van der Waals surface area contributed by atoms with E-state index in [1.165, 1.54) is 0 Å². The van der Waals surface area contributed by atoms with Crippen LogP contribution >= 0.6 is 0 Å². The summed E-state index contributed by atoms with van der Waals surface area (Å²) in [7, 11) is 0. The maximum atomic E-state index is 5.37. The minimum absolute atomic E-state index is 0.298. The Morgan fingerprint density at radius 3 is 3.10 bits per heavy atom. The Morgan fingerprint density at radius 2 is 2.10 bits per heavy atom. The fourth-order valence-electron chi connectivity index (χ4n) is 2.33. The van der Waals surface area contributed by atoms with Crippen LogP contribution in [0, 0.1) is 0 Å². The number of aromatic nitrogens is 2. The third-order valence-corrected chi connectivity index (χ3v) is 3.36. The Labute approximate surface area is 115 Å². The second-order valence-corrected chi connectivity index (χ2v) is 4.62. The highest BCUT2D eigenvalue weighted by molar-refractivity contribution is 5.58. The van der Waals surface area contributed by atoms with E-state index in [1.54, 1.807) is 0 Å². The zero-order valence-electron chi connectivity index (χ0n) is 10.7. The van der Waals surface area contributed by atoms with Gasteiger partial charge in [-0.3, -0.25) is 0 Å². The van der Waals surface area contributed by atoms with E-state index in [2.05, 4.69) is 16.5 Å². The van der Waals surface area contributed by atoms with Gasteiger partial charge in [0, 0.05) is 30.1 Å². The summed E-state index contributed by atoms with van der Waals surface area (Å²) in [6.07, 6.45) is 3.83. The van der Waals surface area contributed by atoms with Crippen LogP contribution in [0.15, 0.2) is 48.8 Å². The van der Waals surface area contributed by atoms with Crippen LogP contribution in [-0.2, 0) is 6.54 Å². The normalized spacial score (nSPS) is 12.8. The zero-order valence-corrected chi connectivity index (χ0v) is 10.7. The molecule has 0 spiro atoms. The molecule has 20 heavy (non-hydrogen) atoms. The van der Waals surface area contributed by atoms with Crippen molar-refractivity contribution in [3.63, 3.8) is 0 Å². The van der Waals surface area contributed by atoms with Crippen molar-refractivity contribution in [3.8, 4) is 11.5 Å². The molecule has 2 aromatic heterocycles. The third-order valence-electron chi connectivity index (χ3n) is 3.36. The number of hydrogen-bond donors (Lipinski definition) is 1.